The van der Waals surface area contributed by atoms with Gasteiger partial charge in [-0.1, -0.05) is 28.1 Å². The van der Waals surface area contributed by atoms with E-state index in [1.54, 1.807) is 0 Å². The Morgan fingerprint density at radius 2 is 1.91 bits per heavy atom. The Balaban J connectivity index is 2.52. The zero-order valence-electron chi connectivity index (χ0n) is 6.05. The average molecular weight is 216 g/mol. The standard InChI is InChI=1S/C8H10BrNO/c9-8-3-1-7(2-4-8)5-10-6-11/h1-4,10-11H,5-6H2. The van der Waals surface area contributed by atoms with Crippen LogP contribution < -0.4 is 5.32 Å². The van der Waals surface area contributed by atoms with Crippen LogP contribution in [0.5, 0.6) is 0 Å². The lowest BCUT2D eigenvalue weighted by Gasteiger charge is -2.00. The molecule has 0 fully saturated rings. The molecule has 11 heavy (non-hydrogen) atoms. The Morgan fingerprint density at radius 3 is 2.45 bits per heavy atom. The third kappa shape index (κ3) is 3.01. The molecule has 0 aromatic heterocycles. The topological polar surface area (TPSA) is 32.3 Å². The molecule has 0 amide bonds. The highest BCUT2D eigenvalue weighted by Gasteiger charge is 1.90. The molecule has 3 heteroatoms. The fourth-order valence-corrected chi connectivity index (χ4v) is 1.07. The first kappa shape index (κ1) is 8.71. The van der Waals surface area contributed by atoms with Crippen molar-refractivity contribution in [3.8, 4) is 0 Å². The molecule has 0 heterocycles. The van der Waals surface area contributed by atoms with Crippen LogP contribution in [0.2, 0.25) is 0 Å². The van der Waals surface area contributed by atoms with Crippen LogP contribution in [0, 0.1) is 0 Å². The van der Waals surface area contributed by atoms with Crippen molar-refractivity contribution in [2.75, 3.05) is 6.73 Å². The second-order valence-electron chi connectivity index (χ2n) is 2.21. The predicted molar refractivity (Wildman–Crippen MR) is 48.1 cm³/mol. The largest absolute Gasteiger partial charge is 0.381 e. The van der Waals surface area contributed by atoms with Crippen molar-refractivity contribution in [2.24, 2.45) is 0 Å². The highest BCUT2D eigenvalue weighted by Crippen LogP contribution is 2.09. The van der Waals surface area contributed by atoms with E-state index in [9.17, 15) is 0 Å². The van der Waals surface area contributed by atoms with Crippen LogP contribution in [0.4, 0.5) is 0 Å². The monoisotopic (exact) mass is 215 g/mol. The van der Waals surface area contributed by atoms with Gasteiger partial charge < -0.3 is 5.11 Å². The molecule has 2 N–H and O–H groups in total. The van der Waals surface area contributed by atoms with E-state index in [1.807, 2.05) is 24.3 Å². The van der Waals surface area contributed by atoms with Crippen molar-refractivity contribution in [3.05, 3.63) is 34.3 Å². The van der Waals surface area contributed by atoms with Crippen molar-refractivity contribution >= 4 is 15.9 Å². The maximum absolute atomic E-state index is 8.46. The number of aliphatic hydroxyl groups is 1. The normalized spacial score (nSPS) is 10.0. The van der Waals surface area contributed by atoms with Crippen molar-refractivity contribution < 1.29 is 5.11 Å². The molecule has 0 aliphatic heterocycles. The minimum absolute atomic E-state index is 0.0239. The number of rotatable bonds is 3. The summed E-state index contributed by atoms with van der Waals surface area (Å²) in [6.45, 7) is 0.736. The first-order valence-electron chi connectivity index (χ1n) is 3.39. The van der Waals surface area contributed by atoms with E-state index in [1.165, 1.54) is 5.56 Å². The highest BCUT2D eigenvalue weighted by molar-refractivity contribution is 9.10. The number of hydrogen-bond acceptors (Lipinski definition) is 2. The van der Waals surface area contributed by atoms with Crippen molar-refractivity contribution in [1.29, 1.82) is 0 Å². The summed E-state index contributed by atoms with van der Waals surface area (Å²) in [7, 11) is 0. The van der Waals surface area contributed by atoms with Gasteiger partial charge in [-0.3, -0.25) is 5.32 Å². The summed E-state index contributed by atoms with van der Waals surface area (Å²) in [5.41, 5.74) is 1.17. The number of hydrogen-bond donors (Lipinski definition) is 2. The lowest BCUT2D eigenvalue weighted by Crippen LogP contribution is -2.13. The van der Waals surface area contributed by atoms with Crippen molar-refractivity contribution in [1.82, 2.24) is 5.32 Å². The molecule has 1 rings (SSSR count). The van der Waals surface area contributed by atoms with Crippen LogP contribution in [0.25, 0.3) is 0 Å². The smallest absolute Gasteiger partial charge is 0.0934 e. The van der Waals surface area contributed by atoms with E-state index in [4.69, 9.17) is 5.11 Å². The molecule has 0 spiro atoms. The van der Waals surface area contributed by atoms with E-state index in [0.29, 0.717) is 6.54 Å². The van der Waals surface area contributed by atoms with Crippen molar-refractivity contribution in [3.63, 3.8) is 0 Å². The molecule has 0 unspecified atom stereocenters. The predicted octanol–water partition coefficient (Wildman–Crippen LogP) is 1.49. The zero-order valence-corrected chi connectivity index (χ0v) is 7.63. The van der Waals surface area contributed by atoms with Gasteiger partial charge in [0, 0.05) is 11.0 Å². The molecule has 60 valence electrons. The van der Waals surface area contributed by atoms with Crippen LogP contribution in [0.3, 0.4) is 0 Å². The van der Waals surface area contributed by atoms with Crippen LogP contribution in [0.1, 0.15) is 5.56 Å². The molecule has 0 aliphatic rings. The SMILES string of the molecule is OCNCc1ccc(Br)cc1. The minimum atomic E-state index is 0.0239. The van der Waals surface area contributed by atoms with Gasteiger partial charge in [0.15, 0.2) is 0 Å². The fraction of sp³-hybridized carbons (Fsp3) is 0.250. The summed E-state index contributed by atoms with van der Waals surface area (Å²) in [6, 6.07) is 7.97. The molecule has 1 aromatic rings. The summed E-state index contributed by atoms with van der Waals surface area (Å²) < 4.78 is 1.07. The van der Waals surface area contributed by atoms with Crippen molar-refractivity contribution in [2.45, 2.75) is 6.54 Å². The van der Waals surface area contributed by atoms with Gasteiger partial charge in [0.25, 0.3) is 0 Å². The van der Waals surface area contributed by atoms with Crippen LogP contribution in [-0.4, -0.2) is 11.8 Å². The van der Waals surface area contributed by atoms with Crippen LogP contribution in [0.15, 0.2) is 28.7 Å². The second-order valence-corrected chi connectivity index (χ2v) is 3.13. The lowest BCUT2D eigenvalue weighted by atomic mass is 10.2. The van der Waals surface area contributed by atoms with E-state index in [2.05, 4.69) is 21.2 Å². The average Bonchev–Trinajstić information content (AvgIpc) is 2.04. The Morgan fingerprint density at radius 1 is 1.27 bits per heavy atom. The Labute approximate surface area is 74.4 Å². The molecule has 2 nitrogen and oxygen atoms in total. The summed E-state index contributed by atoms with van der Waals surface area (Å²) in [5.74, 6) is 0. The first-order valence-corrected chi connectivity index (χ1v) is 4.18. The molecule has 0 saturated heterocycles. The molecular formula is C8H10BrNO. The molecule has 1 aromatic carbocycles. The van der Waals surface area contributed by atoms with Gasteiger partial charge in [-0.05, 0) is 17.7 Å². The molecule has 0 bridgehead atoms. The molecular weight excluding hydrogens is 206 g/mol. The first-order chi connectivity index (χ1) is 5.33. The van der Waals surface area contributed by atoms with Gasteiger partial charge in [-0.2, -0.15) is 0 Å². The fourth-order valence-electron chi connectivity index (χ4n) is 0.802. The Bertz CT molecular complexity index is 210. The molecule has 0 radical (unpaired) electrons. The van der Waals surface area contributed by atoms with Gasteiger partial charge in [0.05, 0.1) is 6.73 Å². The number of nitrogens with one attached hydrogen (secondary N) is 1. The lowest BCUT2D eigenvalue weighted by molar-refractivity contribution is 0.259. The highest BCUT2D eigenvalue weighted by atomic mass is 79.9. The minimum Gasteiger partial charge on any atom is -0.381 e. The number of benzene rings is 1. The van der Waals surface area contributed by atoms with Gasteiger partial charge in [-0.25, -0.2) is 0 Å². The van der Waals surface area contributed by atoms with Gasteiger partial charge in [-0.15, -0.1) is 0 Å². The second kappa shape index (κ2) is 4.49. The maximum Gasteiger partial charge on any atom is 0.0934 e. The van der Waals surface area contributed by atoms with Crippen LogP contribution in [-0.2, 0) is 6.54 Å². The third-order valence-electron chi connectivity index (χ3n) is 1.35. The molecule has 0 aliphatic carbocycles. The van der Waals surface area contributed by atoms with Gasteiger partial charge in [0.2, 0.25) is 0 Å². The Kier molecular flexibility index (Phi) is 3.56. The van der Waals surface area contributed by atoms with Crippen LogP contribution >= 0.6 is 15.9 Å². The number of halogens is 1. The Hall–Kier alpha value is -0.380. The van der Waals surface area contributed by atoms with Gasteiger partial charge in [0.1, 0.15) is 0 Å². The summed E-state index contributed by atoms with van der Waals surface area (Å²) in [5, 5.41) is 11.3. The quantitative estimate of drug-likeness (QED) is 0.750. The summed E-state index contributed by atoms with van der Waals surface area (Å²) in [6.07, 6.45) is 0. The van der Waals surface area contributed by atoms with E-state index >= 15 is 0 Å². The molecule has 0 saturated carbocycles. The zero-order chi connectivity index (χ0) is 8.10. The summed E-state index contributed by atoms with van der Waals surface area (Å²) >= 11 is 3.34. The van der Waals surface area contributed by atoms with E-state index in [-0.39, 0.29) is 6.73 Å². The third-order valence-corrected chi connectivity index (χ3v) is 1.88. The summed E-state index contributed by atoms with van der Waals surface area (Å²) in [4.78, 5) is 0. The van der Waals surface area contributed by atoms with E-state index in [0.717, 1.165) is 4.47 Å². The number of aliphatic hydroxyl groups excluding tert-OH is 1. The molecule has 0 atom stereocenters. The maximum atomic E-state index is 8.46. The van der Waals surface area contributed by atoms with Gasteiger partial charge >= 0.3 is 0 Å². The van der Waals surface area contributed by atoms with E-state index < -0.39 is 0 Å².